The predicted molar refractivity (Wildman–Crippen MR) is 75.7 cm³/mol. The van der Waals surface area contributed by atoms with Crippen LogP contribution in [0, 0.1) is 5.92 Å². The highest BCUT2D eigenvalue weighted by atomic mass is 16.5. The van der Waals surface area contributed by atoms with Crippen molar-refractivity contribution in [1.82, 2.24) is 9.80 Å². The highest BCUT2D eigenvalue weighted by molar-refractivity contribution is 5.77. The van der Waals surface area contributed by atoms with E-state index >= 15 is 0 Å². The lowest BCUT2D eigenvalue weighted by atomic mass is 10.0. The number of aliphatic carboxylic acids is 1. The van der Waals surface area contributed by atoms with Gasteiger partial charge < -0.3 is 14.7 Å². The highest BCUT2D eigenvalue weighted by Crippen LogP contribution is 2.12. The molecule has 7 heteroatoms. The Kier molecular flexibility index (Phi) is 7.14. The third-order valence-corrected chi connectivity index (χ3v) is 3.63. The standard InChI is InChI=1S/C14H24N2O5/c1-11(10-13(18)19)9-12(17)16-7-5-15(6-8-16)4-3-14(20)21-2/h11H,3-10H2,1-2H3,(H,18,19). The maximum absolute atomic E-state index is 12.0. The van der Waals surface area contributed by atoms with Gasteiger partial charge in [-0.15, -0.1) is 0 Å². The number of ether oxygens (including phenoxy) is 1. The highest BCUT2D eigenvalue weighted by Gasteiger charge is 2.23. The molecule has 0 saturated carbocycles. The minimum absolute atomic E-state index is 0.0105. The molecule has 21 heavy (non-hydrogen) atoms. The third-order valence-electron chi connectivity index (χ3n) is 3.63. The Labute approximate surface area is 124 Å². The molecular formula is C14H24N2O5. The van der Waals surface area contributed by atoms with E-state index in [2.05, 4.69) is 9.64 Å². The van der Waals surface area contributed by atoms with E-state index in [-0.39, 0.29) is 30.6 Å². The minimum atomic E-state index is -0.872. The number of carboxylic acids is 1. The molecule has 120 valence electrons. The van der Waals surface area contributed by atoms with Crippen LogP contribution in [-0.2, 0) is 19.1 Å². The Morgan fingerprint density at radius 2 is 1.76 bits per heavy atom. The van der Waals surface area contributed by atoms with E-state index < -0.39 is 5.97 Å². The summed E-state index contributed by atoms with van der Waals surface area (Å²) in [5.41, 5.74) is 0. The summed E-state index contributed by atoms with van der Waals surface area (Å²) < 4.78 is 4.60. The van der Waals surface area contributed by atoms with Crippen molar-refractivity contribution in [2.75, 3.05) is 39.8 Å². The second-order valence-electron chi connectivity index (χ2n) is 5.46. The summed E-state index contributed by atoms with van der Waals surface area (Å²) in [6.45, 7) is 5.13. The van der Waals surface area contributed by atoms with Crippen LogP contribution in [0.3, 0.4) is 0 Å². The second-order valence-corrected chi connectivity index (χ2v) is 5.46. The first-order valence-electron chi connectivity index (χ1n) is 7.21. The zero-order valence-corrected chi connectivity index (χ0v) is 12.7. The van der Waals surface area contributed by atoms with Gasteiger partial charge in [-0.25, -0.2) is 0 Å². The van der Waals surface area contributed by atoms with E-state index in [1.165, 1.54) is 7.11 Å². The van der Waals surface area contributed by atoms with Gasteiger partial charge in [0, 0.05) is 45.6 Å². The van der Waals surface area contributed by atoms with Crippen molar-refractivity contribution in [2.45, 2.75) is 26.2 Å². The van der Waals surface area contributed by atoms with Crippen molar-refractivity contribution in [1.29, 1.82) is 0 Å². The first-order valence-corrected chi connectivity index (χ1v) is 7.21. The predicted octanol–water partition coefficient (Wildman–Crippen LogP) is 0.195. The molecule has 1 fully saturated rings. The van der Waals surface area contributed by atoms with Crippen molar-refractivity contribution >= 4 is 17.8 Å². The number of nitrogens with zero attached hydrogens (tertiary/aromatic N) is 2. The number of esters is 1. The second kappa shape index (κ2) is 8.61. The minimum Gasteiger partial charge on any atom is -0.481 e. The van der Waals surface area contributed by atoms with Crippen LogP contribution in [0.1, 0.15) is 26.2 Å². The van der Waals surface area contributed by atoms with Gasteiger partial charge in [0.25, 0.3) is 0 Å². The number of hydrogen-bond acceptors (Lipinski definition) is 5. The van der Waals surface area contributed by atoms with Crippen molar-refractivity contribution < 1.29 is 24.2 Å². The molecule has 7 nitrogen and oxygen atoms in total. The fourth-order valence-electron chi connectivity index (χ4n) is 2.37. The van der Waals surface area contributed by atoms with Gasteiger partial charge in [0.15, 0.2) is 0 Å². The summed E-state index contributed by atoms with van der Waals surface area (Å²) in [6.07, 6.45) is 0.652. The van der Waals surface area contributed by atoms with Crippen molar-refractivity contribution in [3.63, 3.8) is 0 Å². The summed E-state index contributed by atoms with van der Waals surface area (Å²) in [4.78, 5) is 37.6. The van der Waals surface area contributed by atoms with E-state index in [1.54, 1.807) is 11.8 Å². The van der Waals surface area contributed by atoms with Crippen LogP contribution in [-0.4, -0.2) is 72.6 Å². The molecule has 1 unspecified atom stereocenters. The number of methoxy groups -OCH3 is 1. The van der Waals surface area contributed by atoms with E-state index in [9.17, 15) is 14.4 Å². The Morgan fingerprint density at radius 1 is 1.14 bits per heavy atom. The monoisotopic (exact) mass is 300 g/mol. The molecule has 1 atom stereocenters. The van der Waals surface area contributed by atoms with Gasteiger partial charge in [0.1, 0.15) is 0 Å². The lowest BCUT2D eigenvalue weighted by Crippen LogP contribution is -2.49. The molecule has 1 aliphatic rings. The summed E-state index contributed by atoms with van der Waals surface area (Å²) in [6, 6.07) is 0. The molecule has 0 aromatic rings. The quantitative estimate of drug-likeness (QED) is 0.676. The van der Waals surface area contributed by atoms with E-state index in [0.717, 1.165) is 13.1 Å². The first-order chi connectivity index (χ1) is 9.92. The number of carbonyl (C=O) groups excluding carboxylic acids is 2. The Balaban J connectivity index is 2.27. The SMILES string of the molecule is COC(=O)CCN1CCN(C(=O)CC(C)CC(=O)O)CC1. The molecule has 0 aliphatic carbocycles. The number of hydrogen-bond donors (Lipinski definition) is 1. The topological polar surface area (TPSA) is 87.2 Å². The molecule has 0 spiro atoms. The summed E-state index contributed by atoms with van der Waals surface area (Å²) in [7, 11) is 1.37. The molecule has 1 heterocycles. The van der Waals surface area contributed by atoms with Gasteiger partial charge in [-0.3, -0.25) is 19.3 Å². The van der Waals surface area contributed by atoms with Gasteiger partial charge in [0.2, 0.25) is 5.91 Å². The molecule has 1 saturated heterocycles. The Bertz CT molecular complexity index is 378. The number of piperazine rings is 1. The van der Waals surface area contributed by atoms with Gasteiger partial charge in [0.05, 0.1) is 13.5 Å². The van der Waals surface area contributed by atoms with Gasteiger partial charge in [-0.05, 0) is 5.92 Å². The maximum atomic E-state index is 12.0. The van der Waals surface area contributed by atoms with Crippen molar-refractivity contribution in [2.24, 2.45) is 5.92 Å². The molecule has 1 amide bonds. The van der Waals surface area contributed by atoms with Gasteiger partial charge in [-0.1, -0.05) is 6.92 Å². The number of amides is 1. The third kappa shape index (κ3) is 6.57. The fraction of sp³-hybridized carbons (Fsp3) is 0.786. The summed E-state index contributed by atoms with van der Waals surface area (Å²) in [5, 5.41) is 8.70. The lowest BCUT2D eigenvalue weighted by molar-refractivity contribution is -0.142. The Morgan fingerprint density at radius 3 is 2.29 bits per heavy atom. The van der Waals surface area contributed by atoms with Crippen LogP contribution in [0.15, 0.2) is 0 Å². The molecule has 1 aliphatic heterocycles. The lowest BCUT2D eigenvalue weighted by Gasteiger charge is -2.35. The van der Waals surface area contributed by atoms with Crippen LogP contribution >= 0.6 is 0 Å². The average Bonchev–Trinajstić information content (AvgIpc) is 2.44. The molecular weight excluding hydrogens is 276 g/mol. The fourth-order valence-corrected chi connectivity index (χ4v) is 2.37. The largest absolute Gasteiger partial charge is 0.481 e. The average molecular weight is 300 g/mol. The Hall–Kier alpha value is -1.63. The molecule has 1 rings (SSSR count). The molecule has 0 bridgehead atoms. The van der Waals surface area contributed by atoms with Gasteiger partial charge >= 0.3 is 11.9 Å². The normalized spacial score (nSPS) is 17.3. The van der Waals surface area contributed by atoms with Crippen molar-refractivity contribution in [3.05, 3.63) is 0 Å². The van der Waals surface area contributed by atoms with Crippen LogP contribution in [0.4, 0.5) is 0 Å². The van der Waals surface area contributed by atoms with Crippen LogP contribution in [0.25, 0.3) is 0 Å². The van der Waals surface area contributed by atoms with Gasteiger partial charge in [-0.2, -0.15) is 0 Å². The van der Waals surface area contributed by atoms with E-state index in [4.69, 9.17) is 5.11 Å². The number of rotatable bonds is 7. The van der Waals surface area contributed by atoms with Crippen LogP contribution < -0.4 is 0 Å². The number of carboxylic acid groups (broad SMARTS) is 1. The molecule has 0 radical (unpaired) electrons. The molecule has 0 aromatic heterocycles. The zero-order valence-electron chi connectivity index (χ0n) is 12.7. The van der Waals surface area contributed by atoms with Crippen molar-refractivity contribution in [3.8, 4) is 0 Å². The molecule has 0 aromatic carbocycles. The van der Waals surface area contributed by atoms with Crippen LogP contribution in [0.2, 0.25) is 0 Å². The summed E-state index contributed by atoms with van der Waals surface area (Å²) >= 11 is 0. The first kappa shape index (κ1) is 17.4. The number of carbonyl (C=O) groups is 3. The smallest absolute Gasteiger partial charge is 0.306 e. The summed E-state index contributed by atoms with van der Waals surface area (Å²) in [5.74, 6) is -1.23. The molecule has 1 N–H and O–H groups in total. The van der Waals surface area contributed by atoms with E-state index in [0.29, 0.717) is 26.1 Å². The van der Waals surface area contributed by atoms with E-state index in [1.807, 2.05) is 0 Å². The maximum Gasteiger partial charge on any atom is 0.306 e. The van der Waals surface area contributed by atoms with Crippen LogP contribution in [0.5, 0.6) is 0 Å². The zero-order chi connectivity index (χ0) is 15.8.